The number of halogens is 1. The van der Waals surface area contributed by atoms with Crippen LogP contribution in [-0.4, -0.2) is 24.5 Å². The summed E-state index contributed by atoms with van der Waals surface area (Å²) in [5, 5.41) is 13.5. The standard InChI is InChI=1S/C18H14BrN3O2S/c1-12-3-6-15(10-17(12)19)22-18(9-14(11-20)21-22)13-4-7-16(8-5-13)25(2,23)24/h3-10H,1-2H3. The highest BCUT2D eigenvalue weighted by Crippen LogP contribution is 2.27. The first kappa shape index (κ1) is 17.4. The quantitative estimate of drug-likeness (QED) is 0.649. The van der Waals surface area contributed by atoms with E-state index in [2.05, 4.69) is 21.0 Å². The summed E-state index contributed by atoms with van der Waals surface area (Å²) in [7, 11) is -3.25. The largest absolute Gasteiger partial charge is 0.232 e. The number of nitriles is 1. The molecule has 0 saturated carbocycles. The lowest BCUT2D eigenvalue weighted by Gasteiger charge is -2.09. The zero-order valence-corrected chi connectivity index (χ0v) is 16.0. The lowest BCUT2D eigenvalue weighted by atomic mass is 10.1. The molecule has 0 saturated heterocycles. The van der Waals surface area contributed by atoms with E-state index in [4.69, 9.17) is 0 Å². The summed E-state index contributed by atoms with van der Waals surface area (Å²) >= 11 is 3.51. The summed E-state index contributed by atoms with van der Waals surface area (Å²) in [4.78, 5) is 0.251. The summed E-state index contributed by atoms with van der Waals surface area (Å²) < 4.78 is 25.9. The van der Waals surface area contributed by atoms with E-state index < -0.39 is 9.84 Å². The highest BCUT2D eigenvalue weighted by Gasteiger charge is 2.14. The Morgan fingerprint density at radius 1 is 1.12 bits per heavy atom. The first-order chi connectivity index (χ1) is 11.8. The van der Waals surface area contributed by atoms with Crippen LogP contribution in [0.4, 0.5) is 0 Å². The number of rotatable bonds is 3. The Kier molecular flexibility index (Phi) is 4.50. The Balaban J connectivity index is 2.15. The molecule has 1 aromatic heterocycles. The fourth-order valence-corrected chi connectivity index (χ4v) is 3.42. The van der Waals surface area contributed by atoms with E-state index in [1.165, 1.54) is 6.26 Å². The molecule has 3 rings (SSSR count). The monoisotopic (exact) mass is 415 g/mol. The molecule has 0 N–H and O–H groups in total. The summed E-state index contributed by atoms with van der Waals surface area (Å²) in [6, 6.07) is 16.1. The highest BCUT2D eigenvalue weighted by molar-refractivity contribution is 9.10. The van der Waals surface area contributed by atoms with Gasteiger partial charge < -0.3 is 0 Å². The molecule has 0 radical (unpaired) electrons. The fourth-order valence-electron chi connectivity index (χ4n) is 2.42. The number of sulfone groups is 1. The van der Waals surface area contributed by atoms with E-state index in [9.17, 15) is 13.7 Å². The molecule has 5 nitrogen and oxygen atoms in total. The van der Waals surface area contributed by atoms with Crippen LogP contribution < -0.4 is 0 Å². The van der Waals surface area contributed by atoms with Crippen LogP contribution in [0.2, 0.25) is 0 Å². The van der Waals surface area contributed by atoms with E-state index in [0.717, 1.165) is 21.3 Å². The maximum absolute atomic E-state index is 11.6. The fraction of sp³-hybridized carbons (Fsp3) is 0.111. The zero-order chi connectivity index (χ0) is 18.2. The van der Waals surface area contributed by atoms with Crippen LogP contribution >= 0.6 is 15.9 Å². The molecular weight excluding hydrogens is 402 g/mol. The number of benzene rings is 2. The lowest BCUT2D eigenvalue weighted by molar-refractivity contribution is 0.602. The van der Waals surface area contributed by atoms with Gasteiger partial charge in [-0.25, -0.2) is 13.1 Å². The number of aryl methyl sites for hydroxylation is 1. The Bertz CT molecular complexity index is 1090. The van der Waals surface area contributed by atoms with Crippen LogP contribution in [-0.2, 0) is 9.84 Å². The van der Waals surface area contributed by atoms with Crippen molar-refractivity contribution in [2.75, 3.05) is 6.26 Å². The Morgan fingerprint density at radius 2 is 1.80 bits per heavy atom. The van der Waals surface area contributed by atoms with Crippen molar-refractivity contribution in [3.8, 4) is 23.0 Å². The first-order valence-electron chi connectivity index (χ1n) is 7.37. The van der Waals surface area contributed by atoms with Crippen molar-refractivity contribution in [2.24, 2.45) is 0 Å². The van der Waals surface area contributed by atoms with Gasteiger partial charge in [0, 0.05) is 22.4 Å². The van der Waals surface area contributed by atoms with Gasteiger partial charge in [-0.3, -0.25) is 0 Å². The maximum Gasteiger partial charge on any atom is 0.175 e. The van der Waals surface area contributed by atoms with Crippen molar-refractivity contribution in [1.82, 2.24) is 9.78 Å². The third-order valence-corrected chi connectivity index (χ3v) is 5.78. The SMILES string of the molecule is Cc1ccc(-n2nc(C#N)cc2-c2ccc(S(C)(=O)=O)cc2)cc1Br. The normalized spacial score (nSPS) is 11.3. The zero-order valence-electron chi connectivity index (χ0n) is 13.6. The molecule has 0 aliphatic carbocycles. The van der Waals surface area contributed by atoms with Gasteiger partial charge in [-0.2, -0.15) is 10.4 Å². The molecule has 1 heterocycles. The molecule has 0 unspecified atom stereocenters. The summed E-state index contributed by atoms with van der Waals surface area (Å²) in [6.07, 6.45) is 1.17. The van der Waals surface area contributed by atoms with Crippen LogP contribution in [0.15, 0.2) is 57.9 Å². The molecule has 0 atom stereocenters. The predicted molar refractivity (Wildman–Crippen MR) is 99.3 cm³/mol. The predicted octanol–water partition coefficient (Wildman–Crippen LogP) is 3.89. The lowest BCUT2D eigenvalue weighted by Crippen LogP contribution is -2.00. The molecule has 0 spiro atoms. The van der Waals surface area contributed by atoms with Gasteiger partial charge in [0.15, 0.2) is 15.5 Å². The molecule has 0 fully saturated rings. The van der Waals surface area contributed by atoms with E-state index in [-0.39, 0.29) is 4.90 Å². The minimum atomic E-state index is -3.25. The molecule has 0 aliphatic heterocycles. The minimum Gasteiger partial charge on any atom is -0.232 e. The van der Waals surface area contributed by atoms with Gasteiger partial charge in [-0.15, -0.1) is 0 Å². The molecular formula is C18H14BrN3O2S. The first-order valence-corrected chi connectivity index (χ1v) is 10.1. The molecule has 0 aliphatic rings. The molecule has 0 amide bonds. The van der Waals surface area contributed by atoms with E-state index >= 15 is 0 Å². The van der Waals surface area contributed by atoms with Gasteiger partial charge in [0.05, 0.1) is 16.3 Å². The van der Waals surface area contributed by atoms with Crippen LogP contribution in [0, 0.1) is 18.3 Å². The number of hydrogen-bond acceptors (Lipinski definition) is 4. The highest BCUT2D eigenvalue weighted by atomic mass is 79.9. The van der Waals surface area contributed by atoms with Crippen molar-refractivity contribution < 1.29 is 8.42 Å². The second-order valence-corrected chi connectivity index (χ2v) is 8.54. The molecule has 25 heavy (non-hydrogen) atoms. The average molecular weight is 416 g/mol. The molecule has 126 valence electrons. The Hall–Kier alpha value is -2.43. The van der Waals surface area contributed by atoms with Gasteiger partial charge in [-0.05, 0) is 36.8 Å². The van der Waals surface area contributed by atoms with Gasteiger partial charge in [-0.1, -0.05) is 34.1 Å². The smallest absolute Gasteiger partial charge is 0.175 e. The van der Waals surface area contributed by atoms with Crippen LogP contribution in [0.5, 0.6) is 0 Å². The molecule has 2 aromatic carbocycles. The van der Waals surface area contributed by atoms with E-state index in [1.807, 2.05) is 31.2 Å². The van der Waals surface area contributed by atoms with Crippen molar-refractivity contribution in [2.45, 2.75) is 11.8 Å². The third-order valence-electron chi connectivity index (χ3n) is 3.80. The van der Waals surface area contributed by atoms with Crippen LogP contribution in [0.3, 0.4) is 0 Å². The van der Waals surface area contributed by atoms with Crippen molar-refractivity contribution in [3.05, 3.63) is 64.3 Å². The molecule has 7 heteroatoms. The van der Waals surface area contributed by atoms with E-state index in [1.54, 1.807) is 35.0 Å². The van der Waals surface area contributed by atoms with E-state index in [0.29, 0.717) is 11.4 Å². The second kappa shape index (κ2) is 6.47. The topological polar surface area (TPSA) is 75.8 Å². The Labute approximate surface area is 154 Å². The van der Waals surface area contributed by atoms with Crippen LogP contribution in [0.1, 0.15) is 11.3 Å². The van der Waals surface area contributed by atoms with Crippen molar-refractivity contribution in [1.29, 1.82) is 5.26 Å². The minimum absolute atomic E-state index is 0.251. The molecule has 0 bridgehead atoms. The van der Waals surface area contributed by atoms with Crippen molar-refractivity contribution >= 4 is 25.8 Å². The second-order valence-electron chi connectivity index (χ2n) is 5.67. The summed E-state index contributed by atoms with van der Waals surface area (Å²) in [6.45, 7) is 1.99. The number of nitrogens with zero attached hydrogens (tertiary/aromatic N) is 3. The van der Waals surface area contributed by atoms with Crippen molar-refractivity contribution in [3.63, 3.8) is 0 Å². The van der Waals surface area contributed by atoms with Crippen LogP contribution in [0.25, 0.3) is 16.9 Å². The number of hydrogen-bond donors (Lipinski definition) is 0. The maximum atomic E-state index is 11.6. The molecule has 3 aromatic rings. The third kappa shape index (κ3) is 3.50. The number of aromatic nitrogens is 2. The van der Waals surface area contributed by atoms with Gasteiger partial charge in [0.25, 0.3) is 0 Å². The summed E-state index contributed by atoms with van der Waals surface area (Å²) in [5.74, 6) is 0. The van der Waals surface area contributed by atoms with Gasteiger partial charge in [0.2, 0.25) is 0 Å². The summed E-state index contributed by atoms with van der Waals surface area (Å²) in [5.41, 5.74) is 3.68. The van der Waals surface area contributed by atoms with Gasteiger partial charge in [0.1, 0.15) is 6.07 Å². The van der Waals surface area contributed by atoms with Gasteiger partial charge >= 0.3 is 0 Å². The average Bonchev–Trinajstić information content (AvgIpc) is 3.01. The Morgan fingerprint density at radius 3 is 2.36 bits per heavy atom.